The summed E-state index contributed by atoms with van der Waals surface area (Å²) in [6, 6.07) is 6.47. The summed E-state index contributed by atoms with van der Waals surface area (Å²) >= 11 is 7.61. The first-order chi connectivity index (χ1) is 7.31. The zero-order chi connectivity index (χ0) is 10.3. The number of nitrogens with one attached hydrogen (secondary N) is 1. The molecule has 2 aromatic rings. The van der Waals surface area contributed by atoms with Gasteiger partial charge in [0.2, 0.25) is 0 Å². The Morgan fingerprint density at radius 1 is 1.40 bits per heavy atom. The maximum Gasteiger partial charge on any atom is 0.184 e. The van der Waals surface area contributed by atoms with Crippen molar-refractivity contribution in [2.24, 2.45) is 0 Å². The minimum absolute atomic E-state index is 0.640. The molecule has 1 aliphatic rings. The maximum absolute atomic E-state index is 5.93. The summed E-state index contributed by atoms with van der Waals surface area (Å²) in [6.45, 7) is 0. The van der Waals surface area contributed by atoms with Crippen LogP contribution >= 0.6 is 22.9 Å². The fraction of sp³-hybridized carbons (Fsp3) is 0.364. The van der Waals surface area contributed by atoms with Crippen LogP contribution in [0, 0.1) is 0 Å². The molecular weight excluding hydrogens is 228 g/mol. The first kappa shape index (κ1) is 9.43. The molecule has 2 nitrogen and oxygen atoms in total. The Hall–Kier alpha value is -0.800. The van der Waals surface area contributed by atoms with Crippen molar-refractivity contribution in [3.8, 4) is 0 Å². The summed E-state index contributed by atoms with van der Waals surface area (Å²) in [5.41, 5.74) is 1.03. The van der Waals surface area contributed by atoms with E-state index in [0.29, 0.717) is 6.04 Å². The van der Waals surface area contributed by atoms with Crippen LogP contribution in [0.1, 0.15) is 19.3 Å². The van der Waals surface area contributed by atoms with Gasteiger partial charge in [-0.05, 0) is 37.5 Å². The third kappa shape index (κ3) is 1.82. The van der Waals surface area contributed by atoms with Crippen LogP contribution in [0.5, 0.6) is 0 Å². The molecule has 0 amide bonds. The van der Waals surface area contributed by atoms with Gasteiger partial charge in [-0.3, -0.25) is 0 Å². The molecule has 15 heavy (non-hydrogen) atoms. The monoisotopic (exact) mass is 238 g/mol. The number of anilines is 1. The summed E-state index contributed by atoms with van der Waals surface area (Å²) in [5.74, 6) is 0. The van der Waals surface area contributed by atoms with E-state index in [-0.39, 0.29) is 0 Å². The Kier molecular flexibility index (Phi) is 2.29. The third-order valence-electron chi connectivity index (χ3n) is 2.78. The molecule has 3 rings (SSSR count). The Bertz CT molecular complexity index is 490. The zero-order valence-corrected chi connectivity index (χ0v) is 9.74. The van der Waals surface area contributed by atoms with Crippen LogP contribution < -0.4 is 5.32 Å². The van der Waals surface area contributed by atoms with E-state index < -0.39 is 0 Å². The second-order valence-corrected chi connectivity index (χ2v) is 5.37. The van der Waals surface area contributed by atoms with E-state index in [0.717, 1.165) is 20.4 Å². The molecule has 0 radical (unpaired) electrons. The van der Waals surface area contributed by atoms with Gasteiger partial charge in [0.15, 0.2) is 5.13 Å². The van der Waals surface area contributed by atoms with Crippen molar-refractivity contribution in [1.29, 1.82) is 0 Å². The lowest BCUT2D eigenvalue weighted by atomic mass is 9.93. The van der Waals surface area contributed by atoms with Gasteiger partial charge in [0.05, 0.1) is 10.2 Å². The van der Waals surface area contributed by atoms with E-state index in [4.69, 9.17) is 11.6 Å². The van der Waals surface area contributed by atoms with Crippen LogP contribution in [0.4, 0.5) is 5.13 Å². The van der Waals surface area contributed by atoms with E-state index in [1.165, 1.54) is 19.3 Å². The van der Waals surface area contributed by atoms with Crippen LogP contribution in [0.2, 0.25) is 5.02 Å². The third-order valence-corrected chi connectivity index (χ3v) is 3.97. The molecule has 1 aromatic heterocycles. The summed E-state index contributed by atoms with van der Waals surface area (Å²) in [4.78, 5) is 4.52. The number of hydrogen-bond acceptors (Lipinski definition) is 3. The number of fused-ring (bicyclic) bond motifs is 1. The smallest absolute Gasteiger partial charge is 0.184 e. The number of hydrogen-bond donors (Lipinski definition) is 1. The highest BCUT2D eigenvalue weighted by Gasteiger charge is 2.18. The minimum atomic E-state index is 0.640. The lowest BCUT2D eigenvalue weighted by molar-refractivity contribution is 0.445. The molecular formula is C11H11ClN2S. The average Bonchev–Trinajstić information content (AvgIpc) is 2.53. The van der Waals surface area contributed by atoms with E-state index in [1.54, 1.807) is 11.3 Å². The molecule has 0 saturated heterocycles. The van der Waals surface area contributed by atoms with Gasteiger partial charge in [-0.2, -0.15) is 0 Å². The molecule has 78 valence electrons. The molecule has 0 spiro atoms. The van der Waals surface area contributed by atoms with Crippen LogP contribution in [0.15, 0.2) is 18.2 Å². The largest absolute Gasteiger partial charge is 0.359 e. The zero-order valence-electron chi connectivity index (χ0n) is 8.16. The van der Waals surface area contributed by atoms with E-state index in [2.05, 4.69) is 10.3 Å². The normalized spacial score (nSPS) is 16.6. The van der Waals surface area contributed by atoms with Gasteiger partial charge in [0, 0.05) is 11.1 Å². The van der Waals surface area contributed by atoms with Crippen LogP contribution in [-0.4, -0.2) is 11.0 Å². The number of aromatic nitrogens is 1. The second-order valence-electron chi connectivity index (χ2n) is 3.90. The highest BCUT2D eigenvalue weighted by molar-refractivity contribution is 7.22. The van der Waals surface area contributed by atoms with Crippen LogP contribution in [0.3, 0.4) is 0 Å². The fourth-order valence-electron chi connectivity index (χ4n) is 1.69. The molecule has 0 atom stereocenters. The lowest BCUT2D eigenvalue weighted by Gasteiger charge is -2.25. The topological polar surface area (TPSA) is 24.9 Å². The van der Waals surface area contributed by atoms with Crippen molar-refractivity contribution in [2.45, 2.75) is 25.3 Å². The summed E-state index contributed by atoms with van der Waals surface area (Å²) in [6.07, 6.45) is 3.89. The number of rotatable bonds is 2. The summed E-state index contributed by atoms with van der Waals surface area (Å²) < 4.78 is 1.16. The fourth-order valence-corrected chi connectivity index (χ4v) is 2.91. The van der Waals surface area contributed by atoms with Crippen molar-refractivity contribution >= 4 is 38.3 Å². The highest BCUT2D eigenvalue weighted by atomic mass is 35.5. The number of benzene rings is 1. The first-order valence-electron chi connectivity index (χ1n) is 5.14. The van der Waals surface area contributed by atoms with Crippen molar-refractivity contribution in [3.05, 3.63) is 23.2 Å². The number of halogens is 1. The lowest BCUT2D eigenvalue weighted by Crippen LogP contribution is -2.26. The molecule has 1 heterocycles. The second kappa shape index (κ2) is 3.65. The Morgan fingerprint density at radius 3 is 3.00 bits per heavy atom. The van der Waals surface area contributed by atoms with Gasteiger partial charge in [-0.1, -0.05) is 22.9 Å². The molecule has 1 fully saturated rings. The van der Waals surface area contributed by atoms with Crippen molar-refractivity contribution < 1.29 is 0 Å². The van der Waals surface area contributed by atoms with Crippen molar-refractivity contribution in [1.82, 2.24) is 4.98 Å². The van der Waals surface area contributed by atoms with Gasteiger partial charge in [-0.25, -0.2) is 4.98 Å². The quantitative estimate of drug-likeness (QED) is 0.858. The van der Waals surface area contributed by atoms with E-state index >= 15 is 0 Å². The molecule has 0 unspecified atom stereocenters. The predicted molar refractivity (Wildman–Crippen MR) is 65.9 cm³/mol. The Labute approximate surface area is 97.3 Å². The van der Waals surface area contributed by atoms with Gasteiger partial charge in [0.1, 0.15) is 0 Å². The van der Waals surface area contributed by atoms with E-state index in [1.807, 2.05) is 18.2 Å². The molecule has 1 aliphatic carbocycles. The van der Waals surface area contributed by atoms with E-state index in [9.17, 15) is 0 Å². The standard InChI is InChI=1S/C11H11ClN2S/c12-7-4-5-9-10(6-7)15-11(14-9)13-8-2-1-3-8/h4-6,8H,1-3H2,(H,13,14). The van der Waals surface area contributed by atoms with Crippen molar-refractivity contribution in [2.75, 3.05) is 5.32 Å². The number of nitrogens with zero attached hydrogens (tertiary/aromatic N) is 1. The molecule has 0 bridgehead atoms. The van der Waals surface area contributed by atoms with Gasteiger partial charge >= 0.3 is 0 Å². The maximum atomic E-state index is 5.93. The number of thiazole rings is 1. The van der Waals surface area contributed by atoms with Gasteiger partial charge < -0.3 is 5.32 Å². The highest BCUT2D eigenvalue weighted by Crippen LogP contribution is 2.31. The SMILES string of the molecule is Clc1ccc2nc(NC3CCC3)sc2c1. The van der Waals surface area contributed by atoms with Gasteiger partial charge in [0.25, 0.3) is 0 Å². The van der Waals surface area contributed by atoms with Crippen molar-refractivity contribution in [3.63, 3.8) is 0 Å². The van der Waals surface area contributed by atoms with Crippen LogP contribution in [-0.2, 0) is 0 Å². The summed E-state index contributed by atoms with van der Waals surface area (Å²) in [5, 5.41) is 5.26. The molecule has 4 heteroatoms. The first-order valence-corrected chi connectivity index (χ1v) is 6.33. The minimum Gasteiger partial charge on any atom is -0.359 e. The van der Waals surface area contributed by atoms with Gasteiger partial charge in [-0.15, -0.1) is 0 Å². The average molecular weight is 239 g/mol. The Morgan fingerprint density at radius 2 is 2.27 bits per heavy atom. The molecule has 1 aromatic carbocycles. The Balaban J connectivity index is 1.91. The summed E-state index contributed by atoms with van der Waals surface area (Å²) in [7, 11) is 0. The molecule has 1 saturated carbocycles. The molecule has 1 N–H and O–H groups in total. The predicted octanol–water partition coefficient (Wildman–Crippen LogP) is 3.91. The molecule has 0 aliphatic heterocycles. The van der Waals surface area contributed by atoms with Crippen LogP contribution in [0.25, 0.3) is 10.2 Å².